The van der Waals surface area contributed by atoms with Gasteiger partial charge in [0.25, 0.3) is 0 Å². The van der Waals surface area contributed by atoms with Gasteiger partial charge in [0.1, 0.15) is 12.1 Å². The summed E-state index contributed by atoms with van der Waals surface area (Å²) in [5.41, 5.74) is 1.25. The minimum Gasteiger partial charge on any atom is -0.497 e. The Hall–Kier alpha value is -1.86. The van der Waals surface area contributed by atoms with Crippen LogP contribution in [0.15, 0.2) is 30.6 Å². The molecule has 0 unspecified atom stereocenters. The number of ether oxygens (including phenoxy) is 1. The maximum Gasteiger partial charge on any atom is 0.198 e. The average Bonchev–Trinajstić information content (AvgIpc) is 2.96. The first kappa shape index (κ1) is 16.0. The molecule has 0 amide bonds. The van der Waals surface area contributed by atoms with Crippen molar-refractivity contribution in [2.45, 2.75) is 20.1 Å². The van der Waals surface area contributed by atoms with Gasteiger partial charge < -0.3 is 14.2 Å². The molecule has 0 aliphatic carbocycles. The van der Waals surface area contributed by atoms with Crippen LogP contribution in [0.2, 0.25) is 0 Å². The highest BCUT2D eigenvalue weighted by Crippen LogP contribution is 2.20. The Morgan fingerprint density at radius 3 is 2.39 bits per heavy atom. The molecular weight excluding hydrogens is 310 g/mol. The topological polar surface area (TPSA) is 38.5 Å². The Balaban J connectivity index is 1.57. The fourth-order valence-electron chi connectivity index (χ4n) is 2.82. The van der Waals surface area contributed by atoms with Crippen molar-refractivity contribution in [1.29, 1.82) is 0 Å². The molecule has 0 radical (unpaired) electrons. The predicted molar refractivity (Wildman–Crippen MR) is 93.5 cm³/mol. The van der Waals surface area contributed by atoms with Gasteiger partial charge in [-0.1, -0.05) is 0 Å². The molecule has 1 aliphatic heterocycles. The molecule has 0 bridgehead atoms. The van der Waals surface area contributed by atoms with Crippen molar-refractivity contribution in [2.75, 3.05) is 38.2 Å². The quantitative estimate of drug-likeness (QED) is 0.785. The molecule has 3 rings (SSSR count). The summed E-state index contributed by atoms with van der Waals surface area (Å²) >= 11 is 5.43. The Labute approximate surface area is 141 Å². The summed E-state index contributed by atoms with van der Waals surface area (Å²) in [5.74, 6) is 0.897. The van der Waals surface area contributed by atoms with E-state index in [0.717, 1.165) is 49.9 Å². The molecule has 2 heterocycles. The van der Waals surface area contributed by atoms with Crippen LogP contribution in [-0.2, 0) is 13.2 Å². The van der Waals surface area contributed by atoms with Gasteiger partial charge in [-0.25, -0.2) is 4.68 Å². The molecule has 1 fully saturated rings. The third kappa shape index (κ3) is 3.56. The summed E-state index contributed by atoms with van der Waals surface area (Å²) < 4.78 is 9.90. The van der Waals surface area contributed by atoms with Gasteiger partial charge in [0.2, 0.25) is 0 Å². The smallest absolute Gasteiger partial charge is 0.198 e. The highest BCUT2D eigenvalue weighted by Gasteiger charge is 2.18. The zero-order valence-corrected chi connectivity index (χ0v) is 14.5. The number of aryl methyl sites for hydroxylation is 1. The first-order chi connectivity index (χ1) is 11.2. The molecule has 0 N–H and O–H groups in total. The largest absolute Gasteiger partial charge is 0.497 e. The van der Waals surface area contributed by atoms with Crippen molar-refractivity contribution in [1.82, 2.24) is 19.2 Å². The van der Waals surface area contributed by atoms with E-state index in [0.29, 0.717) is 0 Å². The van der Waals surface area contributed by atoms with Crippen LogP contribution < -0.4 is 9.64 Å². The van der Waals surface area contributed by atoms with E-state index in [4.69, 9.17) is 17.0 Å². The monoisotopic (exact) mass is 333 g/mol. The van der Waals surface area contributed by atoms with E-state index in [1.807, 2.05) is 27.7 Å². The number of anilines is 1. The highest BCUT2D eigenvalue weighted by molar-refractivity contribution is 7.71. The van der Waals surface area contributed by atoms with Crippen LogP contribution in [-0.4, -0.2) is 52.5 Å². The Morgan fingerprint density at radius 2 is 1.83 bits per heavy atom. The molecule has 1 aliphatic rings. The number of aromatic nitrogens is 3. The Kier molecular flexibility index (Phi) is 4.97. The van der Waals surface area contributed by atoms with E-state index < -0.39 is 0 Å². The lowest BCUT2D eigenvalue weighted by atomic mass is 10.2. The summed E-state index contributed by atoms with van der Waals surface area (Å²) in [4.78, 5) is 4.79. The van der Waals surface area contributed by atoms with Gasteiger partial charge >= 0.3 is 0 Å². The molecule has 1 aromatic carbocycles. The SMILES string of the molecule is CCn1cnn(CN2CCN(c3ccc(OC)cc3)CC2)c1=S. The molecule has 124 valence electrons. The van der Waals surface area contributed by atoms with E-state index in [-0.39, 0.29) is 0 Å². The van der Waals surface area contributed by atoms with Gasteiger partial charge in [-0.2, -0.15) is 5.10 Å². The van der Waals surface area contributed by atoms with E-state index in [1.54, 1.807) is 7.11 Å². The van der Waals surface area contributed by atoms with Crippen molar-refractivity contribution < 1.29 is 4.74 Å². The maximum absolute atomic E-state index is 5.43. The van der Waals surface area contributed by atoms with Gasteiger partial charge in [-0.15, -0.1) is 0 Å². The van der Waals surface area contributed by atoms with Crippen LogP contribution in [0.25, 0.3) is 0 Å². The lowest BCUT2D eigenvalue weighted by Gasteiger charge is -2.35. The van der Waals surface area contributed by atoms with Gasteiger partial charge in [0.15, 0.2) is 4.77 Å². The Bertz CT molecular complexity index is 685. The molecule has 2 aromatic rings. The zero-order chi connectivity index (χ0) is 16.2. The summed E-state index contributed by atoms with van der Waals surface area (Å²) in [6, 6.07) is 8.26. The molecule has 1 saturated heterocycles. The molecular formula is C16H23N5OS. The number of rotatable bonds is 5. The third-order valence-electron chi connectivity index (χ3n) is 4.28. The summed E-state index contributed by atoms with van der Waals surface area (Å²) in [6.45, 7) is 7.74. The van der Waals surface area contributed by atoms with Crippen molar-refractivity contribution in [2.24, 2.45) is 0 Å². The lowest BCUT2D eigenvalue weighted by molar-refractivity contribution is 0.194. The molecule has 7 heteroatoms. The molecule has 1 aromatic heterocycles. The Morgan fingerprint density at radius 1 is 1.13 bits per heavy atom. The van der Waals surface area contributed by atoms with Crippen LogP contribution in [0.5, 0.6) is 5.75 Å². The predicted octanol–water partition coefficient (Wildman–Crippen LogP) is 2.22. The minimum atomic E-state index is 0.766. The van der Waals surface area contributed by atoms with Crippen molar-refractivity contribution in [3.8, 4) is 5.75 Å². The number of methoxy groups -OCH3 is 1. The summed E-state index contributed by atoms with van der Waals surface area (Å²) in [5, 5.41) is 4.38. The fraction of sp³-hybridized carbons (Fsp3) is 0.500. The number of benzene rings is 1. The van der Waals surface area contributed by atoms with Gasteiger partial charge in [-0.05, 0) is 43.4 Å². The van der Waals surface area contributed by atoms with E-state index in [1.165, 1.54) is 5.69 Å². The minimum absolute atomic E-state index is 0.766. The highest BCUT2D eigenvalue weighted by atomic mass is 32.1. The van der Waals surface area contributed by atoms with Gasteiger partial charge in [0.05, 0.1) is 13.8 Å². The third-order valence-corrected chi connectivity index (χ3v) is 4.73. The average molecular weight is 333 g/mol. The number of hydrogen-bond acceptors (Lipinski definition) is 5. The summed E-state index contributed by atoms with van der Waals surface area (Å²) in [7, 11) is 1.69. The fourth-order valence-corrected chi connectivity index (χ4v) is 3.10. The number of piperazine rings is 1. The number of nitrogens with zero attached hydrogens (tertiary/aromatic N) is 5. The van der Waals surface area contributed by atoms with E-state index in [9.17, 15) is 0 Å². The van der Waals surface area contributed by atoms with E-state index in [2.05, 4.69) is 34.0 Å². The molecule has 0 saturated carbocycles. The van der Waals surface area contributed by atoms with Crippen molar-refractivity contribution >= 4 is 17.9 Å². The molecule has 0 atom stereocenters. The normalized spacial score (nSPS) is 15.8. The van der Waals surface area contributed by atoms with Crippen LogP contribution in [0.4, 0.5) is 5.69 Å². The van der Waals surface area contributed by atoms with Crippen LogP contribution in [0.1, 0.15) is 6.92 Å². The second kappa shape index (κ2) is 7.14. The second-order valence-corrected chi connectivity index (χ2v) is 6.01. The first-order valence-corrected chi connectivity index (χ1v) is 8.35. The zero-order valence-electron chi connectivity index (χ0n) is 13.7. The molecule has 0 spiro atoms. The maximum atomic E-state index is 5.43. The van der Waals surface area contributed by atoms with Crippen molar-refractivity contribution in [3.63, 3.8) is 0 Å². The van der Waals surface area contributed by atoms with Gasteiger partial charge in [-0.3, -0.25) is 4.90 Å². The van der Waals surface area contributed by atoms with Crippen LogP contribution in [0.3, 0.4) is 0 Å². The standard InChI is InChI=1S/C16H23N5OS/c1-3-19-12-17-21(16(19)23)13-18-8-10-20(11-9-18)14-4-6-15(22-2)7-5-14/h4-7,12H,3,8-11,13H2,1-2H3. The molecule has 23 heavy (non-hydrogen) atoms. The lowest BCUT2D eigenvalue weighted by Crippen LogP contribution is -2.47. The van der Waals surface area contributed by atoms with Gasteiger partial charge in [0, 0.05) is 38.4 Å². The number of hydrogen-bond donors (Lipinski definition) is 0. The second-order valence-electron chi connectivity index (χ2n) is 5.64. The van der Waals surface area contributed by atoms with E-state index >= 15 is 0 Å². The first-order valence-electron chi connectivity index (χ1n) is 7.95. The van der Waals surface area contributed by atoms with Crippen LogP contribution >= 0.6 is 12.2 Å². The molecule has 6 nitrogen and oxygen atoms in total. The summed E-state index contributed by atoms with van der Waals surface area (Å²) in [6.07, 6.45) is 1.82. The van der Waals surface area contributed by atoms with Crippen molar-refractivity contribution in [3.05, 3.63) is 35.4 Å². The van der Waals surface area contributed by atoms with Crippen LogP contribution in [0, 0.1) is 4.77 Å².